The van der Waals surface area contributed by atoms with Crippen LogP contribution in [0.25, 0.3) is 0 Å². The molecule has 3 rings (SSSR count). The molecule has 1 heteroatoms. The fraction of sp³-hybridized carbons (Fsp3) is 0.571. The summed E-state index contributed by atoms with van der Waals surface area (Å²) in [6.07, 6.45) is 3.87. The van der Waals surface area contributed by atoms with Crippen molar-refractivity contribution in [2.75, 3.05) is 6.54 Å². The van der Waals surface area contributed by atoms with Crippen molar-refractivity contribution in [2.45, 2.75) is 45.1 Å². The summed E-state index contributed by atoms with van der Waals surface area (Å²) in [4.78, 5) is 0. The second-order valence-corrected chi connectivity index (χ2v) is 4.97. The van der Waals surface area contributed by atoms with E-state index in [-0.39, 0.29) is 0 Å². The summed E-state index contributed by atoms with van der Waals surface area (Å²) >= 11 is 0. The molecular weight excluding hydrogens is 182 g/mol. The van der Waals surface area contributed by atoms with E-state index in [2.05, 4.69) is 31.3 Å². The van der Waals surface area contributed by atoms with Crippen LogP contribution in [0.4, 0.5) is 0 Å². The first kappa shape index (κ1) is 9.41. The minimum absolute atomic E-state index is 0.606. The maximum absolute atomic E-state index is 3.70. The number of nitrogens with one attached hydrogen (secondary N) is 1. The Morgan fingerprint density at radius 3 is 3.00 bits per heavy atom. The van der Waals surface area contributed by atoms with Crippen LogP contribution < -0.4 is 5.32 Å². The van der Waals surface area contributed by atoms with E-state index in [4.69, 9.17) is 0 Å². The van der Waals surface area contributed by atoms with Crippen molar-refractivity contribution in [1.82, 2.24) is 5.32 Å². The molecule has 0 amide bonds. The molecule has 0 saturated heterocycles. The zero-order valence-electron chi connectivity index (χ0n) is 9.64. The third-order valence-corrected chi connectivity index (χ3v) is 4.13. The quantitative estimate of drug-likeness (QED) is 0.736. The van der Waals surface area contributed by atoms with Gasteiger partial charge < -0.3 is 5.32 Å². The third-order valence-electron chi connectivity index (χ3n) is 4.13. The van der Waals surface area contributed by atoms with Gasteiger partial charge in [0.15, 0.2) is 0 Å². The molecule has 0 fully saturated rings. The molecule has 2 atom stereocenters. The second kappa shape index (κ2) is 3.34. The van der Waals surface area contributed by atoms with E-state index in [1.807, 2.05) is 0 Å². The minimum Gasteiger partial charge on any atom is -0.309 e. The van der Waals surface area contributed by atoms with Crippen molar-refractivity contribution in [3.63, 3.8) is 0 Å². The van der Waals surface area contributed by atoms with Crippen LogP contribution in [0.2, 0.25) is 0 Å². The van der Waals surface area contributed by atoms with Gasteiger partial charge in [-0.2, -0.15) is 0 Å². The molecule has 1 N–H and O–H groups in total. The Balaban J connectivity index is 2.21. The smallest absolute Gasteiger partial charge is 0.0323 e. The average molecular weight is 201 g/mol. The highest BCUT2D eigenvalue weighted by atomic mass is 14.9. The summed E-state index contributed by atoms with van der Waals surface area (Å²) in [5.41, 5.74) is 6.45. The maximum atomic E-state index is 3.70. The van der Waals surface area contributed by atoms with Crippen LogP contribution in [0.15, 0.2) is 12.1 Å². The van der Waals surface area contributed by atoms with E-state index in [9.17, 15) is 0 Å². The highest BCUT2D eigenvalue weighted by Crippen LogP contribution is 2.42. The molecule has 1 nitrogen and oxygen atoms in total. The lowest BCUT2D eigenvalue weighted by Crippen LogP contribution is -2.32. The summed E-state index contributed by atoms with van der Waals surface area (Å²) in [6.45, 7) is 5.74. The number of benzene rings is 1. The first-order valence-electron chi connectivity index (χ1n) is 6.17. The minimum atomic E-state index is 0.606. The molecule has 2 aliphatic rings. The second-order valence-electron chi connectivity index (χ2n) is 4.97. The van der Waals surface area contributed by atoms with Crippen molar-refractivity contribution in [1.29, 1.82) is 0 Å². The number of hydrogen-bond acceptors (Lipinski definition) is 1. The van der Waals surface area contributed by atoms with Gasteiger partial charge in [-0.05, 0) is 54.4 Å². The van der Waals surface area contributed by atoms with Crippen LogP contribution in [-0.2, 0) is 6.42 Å². The summed E-state index contributed by atoms with van der Waals surface area (Å²) < 4.78 is 0. The van der Waals surface area contributed by atoms with E-state index in [0.717, 1.165) is 5.92 Å². The van der Waals surface area contributed by atoms with Crippen LogP contribution >= 0.6 is 0 Å². The molecule has 1 heterocycles. The number of aryl methyl sites for hydroxylation is 2. The topological polar surface area (TPSA) is 12.0 Å². The Morgan fingerprint density at radius 2 is 2.20 bits per heavy atom. The molecule has 1 aliphatic carbocycles. The SMILES string of the molecule is CCC1NCC2CCc3ccc(C)c1c32. The summed E-state index contributed by atoms with van der Waals surface area (Å²) in [6, 6.07) is 5.27. The van der Waals surface area contributed by atoms with Crippen LogP contribution in [0.1, 0.15) is 54.0 Å². The zero-order valence-corrected chi connectivity index (χ0v) is 9.64. The van der Waals surface area contributed by atoms with Crippen LogP contribution in [0.3, 0.4) is 0 Å². The molecule has 80 valence electrons. The molecule has 0 saturated carbocycles. The zero-order chi connectivity index (χ0) is 10.4. The molecule has 1 aromatic rings. The summed E-state index contributed by atoms with van der Waals surface area (Å²) in [7, 11) is 0. The number of rotatable bonds is 1. The Kier molecular flexibility index (Phi) is 2.10. The molecule has 1 aliphatic heterocycles. The molecule has 0 bridgehead atoms. The van der Waals surface area contributed by atoms with Gasteiger partial charge in [-0.25, -0.2) is 0 Å². The van der Waals surface area contributed by atoms with Gasteiger partial charge in [0, 0.05) is 12.6 Å². The van der Waals surface area contributed by atoms with Gasteiger partial charge in [0.1, 0.15) is 0 Å². The van der Waals surface area contributed by atoms with Crippen molar-refractivity contribution in [2.24, 2.45) is 0 Å². The Bertz CT molecular complexity index is 395. The van der Waals surface area contributed by atoms with Gasteiger partial charge in [-0.3, -0.25) is 0 Å². The lowest BCUT2D eigenvalue weighted by molar-refractivity contribution is 0.445. The number of hydrogen-bond donors (Lipinski definition) is 1. The first-order chi connectivity index (χ1) is 7.31. The van der Waals surface area contributed by atoms with Crippen molar-refractivity contribution >= 4 is 0 Å². The van der Waals surface area contributed by atoms with Crippen LogP contribution in [0, 0.1) is 6.92 Å². The van der Waals surface area contributed by atoms with Crippen LogP contribution in [0.5, 0.6) is 0 Å². The summed E-state index contributed by atoms with van der Waals surface area (Å²) in [5, 5.41) is 3.70. The first-order valence-corrected chi connectivity index (χ1v) is 6.17. The largest absolute Gasteiger partial charge is 0.309 e. The van der Waals surface area contributed by atoms with Gasteiger partial charge in [0.25, 0.3) is 0 Å². The van der Waals surface area contributed by atoms with Crippen molar-refractivity contribution in [3.05, 3.63) is 34.4 Å². The van der Waals surface area contributed by atoms with Gasteiger partial charge in [-0.15, -0.1) is 0 Å². The van der Waals surface area contributed by atoms with E-state index in [1.165, 1.54) is 31.4 Å². The lowest BCUT2D eigenvalue weighted by atomic mass is 9.84. The molecule has 0 aromatic heterocycles. The Labute approximate surface area is 91.9 Å². The molecule has 0 radical (unpaired) electrons. The normalized spacial score (nSPS) is 27.9. The lowest BCUT2D eigenvalue weighted by Gasteiger charge is -2.31. The Hall–Kier alpha value is -0.820. The predicted molar refractivity (Wildman–Crippen MR) is 63.3 cm³/mol. The maximum Gasteiger partial charge on any atom is 0.0323 e. The molecule has 2 unspecified atom stereocenters. The van der Waals surface area contributed by atoms with Gasteiger partial charge in [0.2, 0.25) is 0 Å². The van der Waals surface area contributed by atoms with Gasteiger partial charge in [0.05, 0.1) is 0 Å². The average Bonchev–Trinajstić information content (AvgIpc) is 2.68. The monoisotopic (exact) mass is 201 g/mol. The molecule has 0 spiro atoms. The molecule has 1 aromatic carbocycles. The standard InChI is InChI=1S/C14H19N/c1-3-12-13-9(2)4-5-10-6-7-11(8-15-12)14(10)13/h4-5,11-12,15H,3,6-8H2,1-2H3. The summed E-state index contributed by atoms with van der Waals surface area (Å²) in [5.74, 6) is 0.803. The third kappa shape index (κ3) is 1.26. The highest BCUT2D eigenvalue weighted by Gasteiger charge is 2.32. The van der Waals surface area contributed by atoms with E-state index in [1.54, 1.807) is 16.7 Å². The highest BCUT2D eigenvalue weighted by molar-refractivity contribution is 5.49. The van der Waals surface area contributed by atoms with Gasteiger partial charge >= 0.3 is 0 Å². The van der Waals surface area contributed by atoms with Gasteiger partial charge in [-0.1, -0.05) is 19.1 Å². The molecule has 15 heavy (non-hydrogen) atoms. The fourth-order valence-corrected chi connectivity index (χ4v) is 3.37. The van der Waals surface area contributed by atoms with E-state index >= 15 is 0 Å². The van der Waals surface area contributed by atoms with Crippen molar-refractivity contribution in [3.8, 4) is 0 Å². The predicted octanol–water partition coefficient (Wildman–Crippen LogP) is 3.08. The molecular formula is C14H19N. The Morgan fingerprint density at radius 1 is 1.33 bits per heavy atom. The van der Waals surface area contributed by atoms with Crippen LogP contribution in [-0.4, -0.2) is 6.54 Å². The van der Waals surface area contributed by atoms with E-state index < -0.39 is 0 Å². The fourth-order valence-electron chi connectivity index (χ4n) is 3.37. The van der Waals surface area contributed by atoms with Crippen molar-refractivity contribution < 1.29 is 0 Å². The van der Waals surface area contributed by atoms with E-state index in [0.29, 0.717) is 6.04 Å².